The maximum absolute atomic E-state index is 14.4. The van der Waals surface area contributed by atoms with Crippen molar-refractivity contribution < 1.29 is 23.4 Å². The molecule has 2 atom stereocenters. The molecule has 0 aliphatic carbocycles. The largest absolute Gasteiger partial charge is 0.493 e. The second-order valence-electron chi connectivity index (χ2n) is 13.2. The van der Waals surface area contributed by atoms with Crippen LogP contribution in [0.25, 0.3) is 0 Å². The Bertz CT molecular complexity index is 1220. The molecule has 0 radical (unpaired) electrons. The smallest absolute Gasteiger partial charge is 0.241 e. The maximum atomic E-state index is 14.4. The summed E-state index contributed by atoms with van der Waals surface area (Å²) >= 11 is 0. The van der Waals surface area contributed by atoms with E-state index in [0.29, 0.717) is 31.2 Å². The molecule has 3 heterocycles. The van der Waals surface area contributed by atoms with Crippen LogP contribution >= 0.6 is 0 Å². The van der Waals surface area contributed by atoms with Gasteiger partial charge in [0.1, 0.15) is 11.6 Å². The Kier molecular flexibility index (Phi) is 9.91. The average molecular weight is 581 g/mol. The molecule has 3 aliphatic rings. The molecule has 2 aromatic carbocycles. The van der Waals surface area contributed by atoms with E-state index in [9.17, 15) is 9.18 Å². The fourth-order valence-corrected chi connectivity index (χ4v) is 7.26. The number of hydrogen-bond acceptors (Lipinski definition) is 5. The quantitative estimate of drug-likeness (QED) is 0.270. The number of ether oxygens (including phenoxy) is 3. The number of aryl methyl sites for hydroxylation is 1. The van der Waals surface area contributed by atoms with E-state index < -0.39 is 0 Å². The van der Waals surface area contributed by atoms with E-state index in [1.807, 2.05) is 11.0 Å². The fourth-order valence-electron chi connectivity index (χ4n) is 7.26. The molecule has 0 aromatic heterocycles. The van der Waals surface area contributed by atoms with Crippen LogP contribution in [0.2, 0.25) is 0 Å². The van der Waals surface area contributed by atoms with Gasteiger partial charge in [-0.25, -0.2) is 4.39 Å². The van der Waals surface area contributed by atoms with Crippen molar-refractivity contribution in [2.75, 3.05) is 37.8 Å². The van der Waals surface area contributed by atoms with Crippen LogP contribution < -0.4 is 9.64 Å². The van der Waals surface area contributed by atoms with Crippen LogP contribution in [-0.2, 0) is 20.7 Å². The highest BCUT2D eigenvalue weighted by atomic mass is 19.1. The Morgan fingerprint density at radius 2 is 1.81 bits per heavy atom. The Hall–Kier alpha value is -2.48. The van der Waals surface area contributed by atoms with Crippen LogP contribution in [0, 0.1) is 18.2 Å². The number of carbonyl (C=O) groups is 1. The second-order valence-corrected chi connectivity index (χ2v) is 13.2. The van der Waals surface area contributed by atoms with Gasteiger partial charge in [0.25, 0.3) is 0 Å². The Morgan fingerprint density at radius 3 is 2.50 bits per heavy atom. The maximum Gasteiger partial charge on any atom is 0.241 e. The molecule has 42 heavy (non-hydrogen) atoms. The molecular formula is C35H49FN2O4. The number of hydrogen-bond donors (Lipinski definition) is 0. The highest BCUT2D eigenvalue weighted by molar-refractivity contribution is 5.95. The van der Waals surface area contributed by atoms with Gasteiger partial charge in [0, 0.05) is 36.2 Å². The summed E-state index contributed by atoms with van der Waals surface area (Å²) in [5, 5.41) is 0. The molecule has 0 N–H and O–H groups in total. The van der Waals surface area contributed by atoms with Crippen LogP contribution in [-0.4, -0.2) is 62.1 Å². The average Bonchev–Trinajstić information content (AvgIpc) is 3.73. The minimum Gasteiger partial charge on any atom is -0.493 e. The number of benzene rings is 2. The summed E-state index contributed by atoms with van der Waals surface area (Å²) in [4.78, 5) is 18.7. The number of nitrogens with zero attached hydrogens (tertiary/aromatic N) is 2. The minimum atomic E-state index is -0.241. The van der Waals surface area contributed by atoms with Crippen molar-refractivity contribution in [2.24, 2.45) is 5.41 Å². The molecule has 7 heteroatoms. The molecule has 1 amide bonds. The molecule has 2 aromatic rings. The van der Waals surface area contributed by atoms with Crippen molar-refractivity contribution in [3.05, 3.63) is 58.9 Å². The lowest BCUT2D eigenvalue weighted by Crippen LogP contribution is -2.48. The summed E-state index contributed by atoms with van der Waals surface area (Å²) < 4.78 is 31.9. The highest BCUT2D eigenvalue weighted by Crippen LogP contribution is 2.42. The Labute approximate surface area is 251 Å². The standard InChI is InChI=1S/C35H49FN2O4/c1-6-8-28(9-7-2)38(29-11-12-31(36)24(3)18-29)33(39)23-37-22-27(25-10-13-32-26(19-25)14-15-40-32)20-30(37)21-35(4,5)34-41-16-17-42-34/h10-13,18-19,27-28,30,34H,6-9,14-17,20-23H2,1-5H3/t27?,30-/m1/s1. The number of amides is 1. The van der Waals surface area contributed by atoms with Gasteiger partial charge in [-0.1, -0.05) is 52.7 Å². The van der Waals surface area contributed by atoms with Crippen molar-refractivity contribution in [2.45, 2.75) is 104 Å². The molecule has 0 spiro atoms. The fraction of sp³-hybridized carbons (Fsp3) is 0.629. The van der Waals surface area contributed by atoms with E-state index >= 15 is 0 Å². The van der Waals surface area contributed by atoms with Gasteiger partial charge < -0.3 is 19.1 Å². The minimum absolute atomic E-state index is 0.0858. The lowest BCUT2D eigenvalue weighted by molar-refractivity contribution is -0.129. The highest BCUT2D eigenvalue weighted by Gasteiger charge is 2.42. The van der Waals surface area contributed by atoms with Crippen LogP contribution in [0.1, 0.15) is 88.8 Å². The molecule has 2 fully saturated rings. The van der Waals surface area contributed by atoms with Gasteiger partial charge in [-0.15, -0.1) is 0 Å². The number of anilines is 1. The van der Waals surface area contributed by atoms with Crippen molar-refractivity contribution in [1.29, 1.82) is 0 Å². The van der Waals surface area contributed by atoms with Gasteiger partial charge in [-0.2, -0.15) is 0 Å². The van der Waals surface area contributed by atoms with Crippen LogP contribution in [0.4, 0.5) is 10.1 Å². The third kappa shape index (κ3) is 6.84. The van der Waals surface area contributed by atoms with Crippen molar-refractivity contribution in [3.63, 3.8) is 0 Å². The van der Waals surface area contributed by atoms with E-state index in [1.54, 1.807) is 13.0 Å². The van der Waals surface area contributed by atoms with E-state index in [1.165, 1.54) is 17.2 Å². The molecule has 5 rings (SSSR count). The molecule has 2 saturated heterocycles. The van der Waals surface area contributed by atoms with Crippen molar-refractivity contribution >= 4 is 11.6 Å². The SMILES string of the molecule is CCCC(CCC)N(C(=O)CN1CC(c2ccc3c(c2)CCO3)C[C@@H]1CC(C)(C)C1OCCO1)c1ccc(F)c(C)c1. The molecular weight excluding hydrogens is 531 g/mol. The molecule has 0 bridgehead atoms. The van der Waals surface area contributed by atoms with E-state index in [2.05, 4.69) is 50.8 Å². The molecule has 0 saturated carbocycles. The van der Waals surface area contributed by atoms with Crippen LogP contribution in [0.5, 0.6) is 5.75 Å². The Morgan fingerprint density at radius 1 is 1.07 bits per heavy atom. The van der Waals surface area contributed by atoms with Gasteiger partial charge >= 0.3 is 0 Å². The zero-order valence-electron chi connectivity index (χ0n) is 26.2. The first-order chi connectivity index (χ1) is 20.2. The molecule has 3 aliphatic heterocycles. The van der Waals surface area contributed by atoms with Crippen LogP contribution in [0.3, 0.4) is 0 Å². The first-order valence-electron chi connectivity index (χ1n) is 16.0. The zero-order chi connectivity index (χ0) is 29.9. The number of fused-ring (bicyclic) bond motifs is 1. The summed E-state index contributed by atoms with van der Waals surface area (Å²) in [6, 6.07) is 12.0. The first kappa shape index (κ1) is 31.0. The lowest BCUT2D eigenvalue weighted by atomic mass is 9.82. The molecule has 1 unspecified atom stereocenters. The molecule has 6 nitrogen and oxygen atoms in total. The number of likely N-dealkylation sites (tertiary alicyclic amines) is 1. The van der Waals surface area contributed by atoms with Crippen molar-refractivity contribution in [1.82, 2.24) is 4.90 Å². The predicted octanol–water partition coefficient (Wildman–Crippen LogP) is 7.02. The van der Waals surface area contributed by atoms with Gasteiger partial charge in [-0.3, -0.25) is 9.69 Å². The topological polar surface area (TPSA) is 51.2 Å². The summed E-state index contributed by atoms with van der Waals surface area (Å²) in [6.07, 6.45) is 6.38. The van der Waals surface area contributed by atoms with E-state index in [0.717, 1.165) is 69.5 Å². The third-order valence-corrected chi connectivity index (χ3v) is 9.37. The normalized spacial score (nSPS) is 21.2. The van der Waals surface area contributed by atoms with Gasteiger partial charge in [0.2, 0.25) is 5.91 Å². The summed E-state index contributed by atoms with van der Waals surface area (Å²) in [5.74, 6) is 1.18. The zero-order valence-corrected chi connectivity index (χ0v) is 26.2. The summed E-state index contributed by atoms with van der Waals surface area (Å²) in [6.45, 7) is 13.7. The van der Waals surface area contributed by atoms with Gasteiger partial charge in [-0.05, 0) is 79.5 Å². The van der Waals surface area contributed by atoms with Crippen LogP contribution in [0.15, 0.2) is 36.4 Å². The summed E-state index contributed by atoms with van der Waals surface area (Å²) in [7, 11) is 0. The monoisotopic (exact) mass is 580 g/mol. The lowest BCUT2D eigenvalue weighted by Gasteiger charge is -2.37. The van der Waals surface area contributed by atoms with Crippen molar-refractivity contribution in [3.8, 4) is 5.75 Å². The Balaban J connectivity index is 1.42. The first-order valence-corrected chi connectivity index (χ1v) is 16.0. The number of carbonyl (C=O) groups excluding carboxylic acids is 1. The van der Waals surface area contributed by atoms with Gasteiger partial charge in [0.15, 0.2) is 6.29 Å². The number of halogens is 1. The third-order valence-electron chi connectivity index (χ3n) is 9.37. The molecule has 230 valence electrons. The van der Waals surface area contributed by atoms with E-state index in [-0.39, 0.29) is 35.5 Å². The van der Waals surface area contributed by atoms with Gasteiger partial charge in [0.05, 0.1) is 26.4 Å². The summed E-state index contributed by atoms with van der Waals surface area (Å²) in [5.41, 5.74) is 3.78. The number of rotatable bonds is 12. The predicted molar refractivity (Wildman–Crippen MR) is 165 cm³/mol. The van der Waals surface area contributed by atoms with E-state index in [4.69, 9.17) is 14.2 Å². The second kappa shape index (κ2) is 13.4.